The normalized spacial score (nSPS) is 11.2. The Bertz CT molecular complexity index is 908. The van der Waals surface area contributed by atoms with Gasteiger partial charge in [0, 0.05) is 23.7 Å². The molecule has 1 heterocycles. The topological polar surface area (TPSA) is 50.2 Å². The molecule has 3 aromatic rings. The van der Waals surface area contributed by atoms with E-state index in [0.29, 0.717) is 23.9 Å². The average Bonchev–Trinajstić information content (AvgIpc) is 3.08. The first kappa shape index (κ1) is 20.1. The molecule has 0 bridgehead atoms. The van der Waals surface area contributed by atoms with E-state index in [1.807, 2.05) is 42.5 Å². The number of carbonyl (C=O) groups excluding carboxylic acids is 1. The number of amides is 1. The van der Waals surface area contributed by atoms with E-state index in [2.05, 4.69) is 41.3 Å². The highest BCUT2D eigenvalue weighted by Gasteiger charge is 2.16. The van der Waals surface area contributed by atoms with E-state index in [-0.39, 0.29) is 11.9 Å². The molecule has 6 heteroatoms. The zero-order valence-electron chi connectivity index (χ0n) is 16.2. The van der Waals surface area contributed by atoms with Gasteiger partial charge in [-0.2, -0.15) is 5.10 Å². The first-order valence-corrected chi connectivity index (χ1v) is 9.73. The number of halogens is 1. The molecule has 146 valence electrons. The number of rotatable bonds is 8. The van der Waals surface area contributed by atoms with Crippen LogP contribution in [0, 0.1) is 0 Å². The summed E-state index contributed by atoms with van der Waals surface area (Å²) >= 11 is 6.06. The van der Waals surface area contributed by atoms with Gasteiger partial charge in [0.25, 0.3) is 0 Å². The molecule has 0 atom stereocenters. The molecule has 0 saturated heterocycles. The molecule has 1 aromatic heterocycles. The van der Waals surface area contributed by atoms with Crippen LogP contribution >= 0.6 is 11.6 Å². The van der Waals surface area contributed by atoms with E-state index >= 15 is 0 Å². The number of aromatic nitrogens is 2. The molecule has 0 aliphatic carbocycles. The van der Waals surface area contributed by atoms with Crippen LogP contribution in [-0.2, 0) is 17.9 Å². The quantitative estimate of drug-likeness (QED) is 0.612. The second-order valence-corrected chi connectivity index (χ2v) is 7.47. The number of anilines is 1. The van der Waals surface area contributed by atoms with Gasteiger partial charge in [0.15, 0.2) is 0 Å². The first-order chi connectivity index (χ1) is 13.5. The number of nitrogens with zero attached hydrogens (tertiary/aromatic N) is 3. The van der Waals surface area contributed by atoms with Gasteiger partial charge in [0.1, 0.15) is 5.82 Å². The third-order valence-corrected chi connectivity index (χ3v) is 4.75. The summed E-state index contributed by atoms with van der Waals surface area (Å²) in [5.41, 5.74) is 2.22. The van der Waals surface area contributed by atoms with E-state index in [1.165, 1.54) is 5.56 Å². The Morgan fingerprint density at radius 3 is 2.57 bits per heavy atom. The van der Waals surface area contributed by atoms with Gasteiger partial charge in [0.05, 0.1) is 19.3 Å². The molecule has 0 fully saturated rings. The molecular formula is C22H25ClN4O. The van der Waals surface area contributed by atoms with Gasteiger partial charge in [-0.25, -0.2) is 4.68 Å². The van der Waals surface area contributed by atoms with Crippen molar-refractivity contribution in [2.45, 2.75) is 33.0 Å². The number of nitrogens with one attached hydrogen (secondary N) is 1. The highest BCUT2D eigenvalue weighted by molar-refractivity contribution is 6.30. The second-order valence-electron chi connectivity index (χ2n) is 7.04. The summed E-state index contributed by atoms with van der Waals surface area (Å²) in [5, 5.41) is 7.99. The van der Waals surface area contributed by atoms with Crippen LogP contribution in [0.4, 0.5) is 5.82 Å². The van der Waals surface area contributed by atoms with Crippen LogP contribution in [0.1, 0.15) is 25.0 Å². The van der Waals surface area contributed by atoms with Crippen molar-refractivity contribution < 1.29 is 4.79 Å². The summed E-state index contributed by atoms with van der Waals surface area (Å²) in [6, 6.07) is 19.9. The Morgan fingerprint density at radius 1 is 1.11 bits per heavy atom. The highest BCUT2D eigenvalue weighted by Crippen LogP contribution is 2.15. The molecule has 0 aliphatic heterocycles. The maximum atomic E-state index is 12.7. The Hall–Kier alpha value is -2.63. The van der Waals surface area contributed by atoms with Crippen molar-refractivity contribution in [1.82, 2.24) is 14.7 Å². The molecule has 2 aromatic carbocycles. The zero-order chi connectivity index (χ0) is 19.9. The van der Waals surface area contributed by atoms with Gasteiger partial charge in [-0.15, -0.1) is 0 Å². The van der Waals surface area contributed by atoms with Gasteiger partial charge >= 0.3 is 0 Å². The van der Waals surface area contributed by atoms with Crippen LogP contribution in [0.5, 0.6) is 0 Å². The fourth-order valence-electron chi connectivity index (χ4n) is 2.98. The third-order valence-electron chi connectivity index (χ3n) is 4.51. The molecule has 1 amide bonds. The predicted molar refractivity (Wildman–Crippen MR) is 113 cm³/mol. The van der Waals surface area contributed by atoms with Crippen molar-refractivity contribution in [3.05, 3.63) is 83.0 Å². The highest BCUT2D eigenvalue weighted by atomic mass is 35.5. The van der Waals surface area contributed by atoms with E-state index in [0.717, 1.165) is 12.1 Å². The van der Waals surface area contributed by atoms with Crippen LogP contribution in [0.2, 0.25) is 5.02 Å². The minimum Gasteiger partial charge on any atom is -0.310 e. The van der Waals surface area contributed by atoms with Crippen LogP contribution in [0.25, 0.3) is 0 Å². The third kappa shape index (κ3) is 5.68. The molecule has 0 spiro atoms. The van der Waals surface area contributed by atoms with Crippen LogP contribution in [0.3, 0.4) is 0 Å². The van der Waals surface area contributed by atoms with Crippen LogP contribution in [0.15, 0.2) is 66.9 Å². The Balaban J connectivity index is 1.63. The monoisotopic (exact) mass is 396 g/mol. The SMILES string of the molecule is CC(C)N(CC(=O)Nc1ccnn1Cc1cccc(Cl)c1)Cc1ccccc1. The summed E-state index contributed by atoms with van der Waals surface area (Å²) in [5.74, 6) is 0.617. The van der Waals surface area contributed by atoms with Gasteiger partial charge in [-0.05, 0) is 37.1 Å². The molecule has 5 nitrogen and oxygen atoms in total. The Kier molecular flexibility index (Phi) is 6.85. The lowest BCUT2D eigenvalue weighted by Gasteiger charge is -2.26. The second kappa shape index (κ2) is 9.53. The van der Waals surface area contributed by atoms with Crippen LogP contribution in [-0.4, -0.2) is 33.2 Å². The van der Waals surface area contributed by atoms with Crippen LogP contribution < -0.4 is 5.32 Å². The largest absolute Gasteiger partial charge is 0.310 e. The number of hydrogen-bond acceptors (Lipinski definition) is 3. The summed E-state index contributed by atoms with van der Waals surface area (Å²) in [6.45, 7) is 5.78. The zero-order valence-corrected chi connectivity index (χ0v) is 16.9. The molecular weight excluding hydrogens is 372 g/mol. The van der Waals surface area contributed by atoms with E-state index in [1.54, 1.807) is 16.9 Å². The molecule has 0 radical (unpaired) electrons. The molecule has 3 rings (SSSR count). The fourth-order valence-corrected chi connectivity index (χ4v) is 3.19. The van der Waals surface area contributed by atoms with Crippen molar-refractivity contribution >= 4 is 23.3 Å². The fraction of sp³-hybridized carbons (Fsp3) is 0.273. The maximum Gasteiger partial charge on any atom is 0.239 e. The van der Waals surface area contributed by atoms with Gasteiger partial charge in [-0.1, -0.05) is 54.1 Å². The number of carbonyl (C=O) groups is 1. The number of hydrogen-bond donors (Lipinski definition) is 1. The van der Waals surface area contributed by atoms with E-state index < -0.39 is 0 Å². The molecule has 0 saturated carbocycles. The minimum atomic E-state index is -0.0579. The van der Waals surface area contributed by atoms with Gasteiger partial charge < -0.3 is 5.32 Å². The summed E-state index contributed by atoms with van der Waals surface area (Å²) in [7, 11) is 0. The maximum absolute atomic E-state index is 12.7. The Morgan fingerprint density at radius 2 is 1.86 bits per heavy atom. The van der Waals surface area contributed by atoms with Crippen molar-refractivity contribution in [3.8, 4) is 0 Å². The smallest absolute Gasteiger partial charge is 0.239 e. The predicted octanol–water partition coefficient (Wildman–Crippen LogP) is 4.43. The van der Waals surface area contributed by atoms with Crippen molar-refractivity contribution in [2.75, 3.05) is 11.9 Å². The van der Waals surface area contributed by atoms with Crippen molar-refractivity contribution in [3.63, 3.8) is 0 Å². The summed E-state index contributed by atoms with van der Waals surface area (Å²) in [4.78, 5) is 14.8. The molecule has 1 N–H and O–H groups in total. The lowest BCUT2D eigenvalue weighted by molar-refractivity contribution is -0.117. The van der Waals surface area contributed by atoms with E-state index in [4.69, 9.17) is 11.6 Å². The molecule has 28 heavy (non-hydrogen) atoms. The standard InChI is InChI=1S/C22H25ClN4O/c1-17(2)26(14-18-7-4-3-5-8-18)16-22(28)25-21-11-12-24-27(21)15-19-9-6-10-20(23)13-19/h3-13,17H,14-16H2,1-2H3,(H,25,28). The first-order valence-electron chi connectivity index (χ1n) is 9.35. The minimum absolute atomic E-state index is 0.0579. The van der Waals surface area contributed by atoms with E-state index in [9.17, 15) is 4.79 Å². The number of benzene rings is 2. The van der Waals surface area contributed by atoms with Crippen molar-refractivity contribution in [2.24, 2.45) is 0 Å². The molecule has 0 aliphatic rings. The average molecular weight is 397 g/mol. The lowest BCUT2D eigenvalue weighted by Crippen LogP contribution is -2.37. The van der Waals surface area contributed by atoms with Gasteiger partial charge in [-0.3, -0.25) is 9.69 Å². The molecule has 0 unspecified atom stereocenters. The Labute approximate surface area is 170 Å². The summed E-state index contributed by atoms with van der Waals surface area (Å²) in [6.07, 6.45) is 1.68. The summed E-state index contributed by atoms with van der Waals surface area (Å²) < 4.78 is 1.76. The van der Waals surface area contributed by atoms with Gasteiger partial charge in [0.2, 0.25) is 5.91 Å². The van der Waals surface area contributed by atoms with Crippen molar-refractivity contribution in [1.29, 1.82) is 0 Å². The lowest BCUT2D eigenvalue weighted by atomic mass is 10.2.